The predicted molar refractivity (Wildman–Crippen MR) is 79.3 cm³/mol. The van der Waals surface area contributed by atoms with Crippen LogP contribution < -0.4 is 4.74 Å². The van der Waals surface area contributed by atoms with Crippen molar-refractivity contribution in [3.05, 3.63) is 53.1 Å². The molecule has 0 fully saturated rings. The summed E-state index contributed by atoms with van der Waals surface area (Å²) in [5, 5.41) is 0.663. The molecule has 0 spiro atoms. The van der Waals surface area contributed by atoms with E-state index >= 15 is 0 Å². The summed E-state index contributed by atoms with van der Waals surface area (Å²) in [5.41, 5.74) is 0.889. The highest BCUT2D eigenvalue weighted by Crippen LogP contribution is 2.34. The molecule has 0 aliphatic heterocycles. The summed E-state index contributed by atoms with van der Waals surface area (Å²) in [6.45, 7) is 0. The van der Waals surface area contributed by atoms with E-state index in [9.17, 15) is 0 Å². The third-order valence-corrected chi connectivity index (χ3v) is 3.76. The maximum absolute atomic E-state index is 5.94. The van der Waals surface area contributed by atoms with Gasteiger partial charge in [-0.15, -0.1) is 23.4 Å². The van der Waals surface area contributed by atoms with Crippen LogP contribution in [0.4, 0.5) is 0 Å². The Morgan fingerprint density at radius 1 is 1.11 bits per heavy atom. The minimum Gasteiger partial charge on any atom is -0.456 e. The first-order valence-corrected chi connectivity index (χ1v) is 7.53. The Morgan fingerprint density at radius 3 is 2.61 bits per heavy atom. The predicted octanol–water partition coefficient (Wildman–Crippen LogP) is 5.59. The maximum atomic E-state index is 5.94. The number of benzene rings is 2. The Balaban J connectivity index is 2.33. The molecule has 0 saturated carbocycles. The standard InChI is InChI=1S/C14H12Cl2OS/c1-18-14-5-3-2-4-13(14)17-12-7-6-11(16)8-10(12)9-15/h2-8H,9H2,1H3. The quantitative estimate of drug-likeness (QED) is 0.537. The largest absolute Gasteiger partial charge is 0.456 e. The Kier molecular flexibility index (Phi) is 4.81. The third kappa shape index (κ3) is 3.14. The lowest BCUT2D eigenvalue weighted by molar-refractivity contribution is 0.467. The number of halogens is 2. The van der Waals surface area contributed by atoms with Gasteiger partial charge in [-0.3, -0.25) is 0 Å². The van der Waals surface area contributed by atoms with Crippen LogP contribution in [-0.4, -0.2) is 6.26 Å². The minimum absolute atomic E-state index is 0.372. The maximum Gasteiger partial charge on any atom is 0.140 e. The summed E-state index contributed by atoms with van der Waals surface area (Å²) in [7, 11) is 0. The lowest BCUT2D eigenvalue weighted by atomic mass is 10.2. The van der Waals surface area contributed by atoms with E-state index in [-0.39, 0.29) is 0 Å². The van der Waals surface area contributed by atoms with Crippen LogP contribution in [0.3, 0.4) is 0 Å². The van der Waals surface area contributed by atoms with Gasteiger partial charge in [-0.1, -0.05) is 23.7 Å². The summed E-state index contributed by atoms with van der Waals surface area (Å²) >= 11 is 13.5. The summed E-state index contributed by atoms with van der Waals surface area (Å²) < 4.78 is 5.91. The second-order valence-electron chi connectivity index (χ2n) is 3.64. The fourth-order valence-corrected chi connectivity index (χ4v) is 2.50. The molecule has 94 valence electrons. The SMILES string of the molecule is CSc1ccccc1Oc1ccc(Cl)cc1CCl. The number of ether oxygens (including phenoxy) is 1. The molecule has 0 aromatic heterocycles. The monoisotopic (exact) mass is 298 g/mol. The molecule has 2 aromatic rings. The smallest absolute Gasteiger partial charge is 0.140 e. The average Bonchev–Trinajstić information content (AvgIpc) is 2.41. The molecule has 0 saturated heterocycles. The Hall–Kier alpha value is -0.830. The average molecular weight is 299 g/mol. The van der Waals surface area contributed by atoms with Gasteiger partial charge in [0.2, 0.25) is 0 Å². The zero-order valence-corrected chi connectivity index (χ0v) is 12.1. The third-order valence-electron chi connectivity index (χ3n) is 2.46. The Labute approximate surface area is 121 Å². The van der Waals surface area contributed by atoms with Crippen LogP contribution in [0.5, 0.6) is 11.5 Å². The normalized spacial score (nSPS) is 10.4. The molecule has 0 bridgehead atoms. The van der Waals surface area contributed by atoms with Crippen LogP contribution in [0.25, 0.3) is 0 Å². The first-order chi connectivity index (χ1) is 8.74. The number of rotatable bonds is 4. The fraction of sp³-hybridized carbons (Fsp3) is 0.143. The summed E-state index contributed by atoms with van der Waals surface area (Å²) in [4.78, 5) is 1.09. The molecular formula is C14H12Cl2OS. The van der Waals surface area contributed by atoms with E-state index in [0.29, 0.717) is 10.9 Å². The van der Waals surface area contributed by atoms with Crippen LogP contribution in [0.2, 0.25) is 5.02 Å². The van der Waals surface area contributed by atoms with Crippen LogP contribution in [0.1, 0.15) is 5.56 Å². The van der Waals surface area contributed by atoms with Crippen LogP contribution >= 0.6 is 35.0 Å². The number of alkyl halides is 1. The molecule has 0 amide bonds. The van der Waals surface area contributed by atoms with Crippen LogP contribution in [0.15, 0.2) is 47.4 Å². The van der Waals surface area contributed by atoms with Gasteiger partial charge in [0.05, 0.1) is 5.88 Å². The van der Waals surface area contributed by atoms with Crippen molar-refractivity contribution in [2.75, 3.05) is 6.26 Å². The molecule has 0 heterocycles. The van der Waals surface area contributed by atoms with Gasteiger partial charge in [0.25, 0.3) is 0 Å². The van der Waals surface area contributed by atoms with Gasteiger partial charge in [0.1, 0.15) is 11.5 Å². The van der Waals surface area contributed by atoms with Gasteiger partial charge in [0, 0.05) is 15.5 Å². The number of hydrogen-bond acceptors (Lipinski definition) is 2. The zero-order chi connectivity index (χ0) is 13.0. The van der Waals surface area contributed by atoms with E-state index in [2.05, 4.69) is 0 Å². The zero-order valence-electron chi connectivity index (χ0n) is 9.82. The number of thioether (sulfide) groups is 1. The molecule has 2 rings (SSSR count). The van der Waals surface area contributed by atoms with E-state index in [1.54, 1.807) is 17.8 Å². The van der Waals surface area contributed by atoms with Gasteiger partial charge in [-0.05, 0) is 36.6 Å². The Bertz CT molecular complexity index is 543. The van der Waals surface area contributed by atoms with Gasteiger partial charge in [-0.25, -0.2) is 0 Å². The van der Waals surface area contributed by atoms with E-state index in [4.69, 9.17) is 27.9 Å². The van der Waals surface area contributed by atoms with Crippen molar-refractivity contribution in [1.29, 1.82) is 0 Å². The first kappa shape index (κ1) is 13.6. The van der Waals surface area contributed by atoms with Crippen molar-refractivity contribution >= 4 is 35.0 Å². The summed E-state index contributed by atoms with van der Waals surface area (Å²) in [6.07, 6.45) is 2.02. The van der Waals surface area contributed by atoms with Crippen molar-refractivity contribution in [2.45, 2.75) is 10.8 Å². The molecule has 18 heavy (non-hydrogen) atoms. The summed E-state index contributed by atoms with van der Waals surface area (Å²) in [5.74, 6) is 1.95. The lowest BCUT2D eigenvalue weighted by Gasteiger charge is -2.12. The molecule has 0 N–H and O–H groups in total. The molecule has 1 nitrogen and oxygen atoms in total. The molecule has 0 radical (unpaired) electrons. The first-order valence-electron chi connectivity index (χ1n) is 5.40. The van der Waals surface area contributed by atoms with E-state index in [1.807, 2.05) is 42.7 Å². The lowest BCUT2D eigenvalue weighted by Crippen LogP contribution is -1.91. The number of para-hydroxylation sites is 1. The number of hydrogen-bond donors (Lipinski definition) is 0. The van der Waals surface area contributed by atoms with Crippen LogP contribution in [-0.2, 0) is 5.88 Å². The van der Waals surface area contributed by atoms with Crippen molar-refractivity contribution in [3.8, 4) is 11.5 Å². The molecular weight excluding hydrogens is 287 g/mol. The topological polar surface area (TPSA) is 9.23 Å². The molecule has 4 heteroatoms. The van der Waals surface area contributed by atoms with Gasteiger partial charge in [-0.2, -0.15) is 0 Å². The molecule has 2 aromatic carbocycles. The van der Waals surface area contributed by atoms with Gasteiger partial charge >= 0.3 is 0 Å². The van der Waals surface area contributed by atoms with E-state index in [0.717, 1.165) is 22.0 Å². The second kappa shape index (κ2) is 6.37. The van der Waals surface area contributed by atoms with Crippen LogP contribution in [0, 0.1) is 0 Å². The highest BCUT2D eigenvalue weighted by Gasteiger charge is 2.07. The molecule has 0 unspecified atom stereocenters. The second-order valence-corrected chi connectivity index (χ2v) is 5.19. The highest BCUT2D eigenvalue weighted by molar-refractivity contribution is 7.98. The molecule has 0 aliphatic rings. The van der Waals surface area contributed by atoms with Crippen molar-refractivity contribution in [1.82, 2.24) is 0 Å². The minimum atomic E-state index is 0.372. The summed E-state index contributed by atoms with van der Waals surface area (Å²) in [6, 6.07) is 13.4. The van der Waals surface area contributed by atoms with Crippen molar-refractivity contribution in [2.24, 2.45) is 0 Å². The van der Waals surface area contributed by atoms with E-state index in [1.165, 1.54) is 0 Å². The van der Waals surface area contributed by atoms with Gasteiger partial charge < -0.3 is 4.74 Å². The van der Waals surface area contributed by atoms with Crippen molar-refractivity contribution in [3.63, 3.8) is 0 Å². The Morgan fingerprint density at radius 2 is 1.89 bits per heavy atom. The van der Waals surface area contributed by atoms with Crippen molar-refractivity contribution < 1.29 is 4.74 Å². The molecule has 0 aliphatic carbocycles. The van der Waals surface area contributed by atoms with E-state index < -0.39 is 0 Å². The fourth-order valence-electron chi connectivity index (χ4n) is 1.57. The molecule has 0 atom stereocenters. The van der Waals surface area contributed by atoms with Gasteiger partial charge in [0.15, 0.2) is 0 Å². The highest BCUT2D eigenvalue weighted by atomic mass is 35.5.